The molecule has 0 spiro atoms. The summed E-state index contributed by atoms with van der Waals surface area (Å²) >= 11 is 6.29. The van der Waals surface area contributed by atoms with Crippen molar-refractivity contribution in [1.82, 2.24) is 14.4 Å². The fraction of sp³-hybridized carbons (Fsp3) is 0.571. The third-order valence-electron chi connectivity index (χ3n) is 6.15. The van der Waals surface area contributed by atoms with Crippen LogP contribution < -0.4 is 0 Å². The molecule has 2 aliphatic heterocycles. The van der Waals surface area contributed by atoms with Gasteiger partial charge >= 0.3 is 0 Å². The molecule has 0 saturated carbocycles. The zero-order valence-corrected chi connectivity index (χ0v) is 16.6. The van der Waals surface area contributed by atoms with Crippen LogP contribution in [0, 0.1) is 5.92 Å². The van der Waals surface area contributed by atoms with Crippen molar-refractivity contribution in [3.63, 3.8) is 0 Å². The summed E-state index contributed by atoms with van der Waals surface area (Å²) in [6.07, 6.45) is 4.25. The average Bonchev–Trinajstić information content (AvgIpc) is 2.76. The van der Waals surface area contributed by atoms with E-state index in [1.54, 1.807) is 0 Å². The number of benzene rings is 1. The number of carbonyl (C=O) groups is 1. The van der Waals surface area contributed by atoms with Crippen molar-refractivity contribution in [3.8, 4) is 0 Å². The minimum atomic E-state index is 0.254. The van der Waals surface area contributed by atoms with E-state index >= 15 is 0 Å². The number of hydrogen-bond donors (Lipinski definition) is 0. The molecule has 1 aromatic heterocycles. The van der Waals surface area contributed by atoms with Gasteiger partial charge in [0.25, 0.3) is 0 Å². The summed E-state index contributed by atoms with van der Waals surface area (Å²) in [6.45, 7) is 6.61. The minimum absolute atomic E-state index is 0.254. The van der Waals surface area contributed by atoms with E-state index in [1.165, 1.54) is 16.6 Å². The van der Waals surface area contributed by atoms with E-state index in [0.717, 1.165) is 68.3 Å². The van der Waals surface area contributed by atoms with Crippen LogP contribution in [-0.4, -0.2) is 53.5 Å². The molecule has 26 heavy (non-hydrogen) atoms. The number of halogens is 1. The molecule has 0 radical (unpaired) electrons. The number of aromatic nitrogens is 1. The largest absolute Gasteiger partial charge is 0.341 e. The molecule has 4 nitrogen and oxygen atoms in total. The Labute approximate surface area is 160 Å². The molecule has 0 bridgehead atoms. The van der Waals surface area contributed by atoms with Crippen molar-refractivity contribution < 1.29 is 4.79 Å². The van der Waals surface area contributed by atoms with Crippen molar-refractivity contribution in [1.29, 1.82) is 0 Å². The molecule has 3 heterocycles. The van der Waals surface area contributed by atoms with E-state index in [2.05, 4.69) is 40.5 Å². The summed E-state index contributed by atoms with van der Waals surface area (Å²) in [5, 5.41) is 1.99. The summed E-state index contributed by atoms with van der Waals surface area (Å²) in [6, 6.07) is 6.10. The number of likely N-dealkylation sites (N-methyl/N-ethyl adjacent to an activating group) is 1. The molecular formula is C21H28ClN3O. The number of piperidine rings is 1. The summed E-state index contributed by atoms with van der Waals surface area (Å²) in [5.41, 5.74) is 3.86. The average molecular weight is 374 g/mol. The van der Waals surface area contributed by atoms with Crippen molar-refractivity contribution in [3.05, 3.63) is 34.5 Å². The first-order valence-electron chi connectivity index (χ1n) is 9.78. The molecule has 1 saturated heterocycles. The molecule has 2 aliphatic rings. The molecule has 1 aromatic carbocycles. The lowest BCUT2D eigenvalue weighted by Gasteiger charge is -2.30. The fourth-order valence-electron chi connectivity index (χ4n) is 4.40. The van der Waals surface area contributed by atoms with Gasteiger partial charge in [0.2, 0.25) is 5.91 Å². The fourth-order valence-corrected chi connectivity index (χ4v) is 4.57. The second-order valence-electron chi connectivity index (χ2n) is 8.04. The van der Waals surface area contributed by atoms with Gasteiger partial charge in [-0.1, -0.05) is 18.5 Å². The van der Waals surface area contributed by atoms with E-state index < -0.39 is 0 Å². The molecule has 4 rings (SSSR count). The van der Waals surface area contributed by atoms with E-state index in [4.69, 9.17) is 11.6 Å². The molecule has 5 heteroatoms. The van der Waals surface area contributed by atoms with Crippen molar-refractivity contribution in [2.75, 3.05) is 33.2 Å². The Morgan fingerprint density at radius 1 is 1.15 bits per heavy atom. The van der Waals surface area contributed by atoms with Crippen LogP contribution in [0.15, 0.2) is 18.2 Å². The summed E-state index contributed by atoms with van der Waals surface area (Å²) in [5.74, 6) is 0.990. The minimum Gasteiger partial charge on any atom is -0.341 e. The van der Waals surface area contributed by atoms with E-state index in [1.807, 2.05) is 6.07 Å². The monoisotopic (exact) mass is 373 g/mol. The topological polar surface area (TPSA) is 28.5 Å². The molecule has 1 amide bonds. The molecular weight excluding hydrogens is 346 g/mol. The lowest BCUT2D eigenvalue weighted by Crippen LogP contribution is -2.40. The molecule has 0 unspecified atom stereocenters. The first kappa shape index (κ1) is 17.9. The van der Waals surface area contributed by atoms with E-state index in [-0.39, 0.29) is 5.91 Å². The van der Waals surface area contributed by atoms with Crippen LogP contribution in [-0.2, 0) is 24.2 Å². The van der Waals surface area contributed by atoms with Gasteiger partial charge in [0.05, 0.1) is 0 Å². The first-order valence-corrected chi connectivity index (χ1v) is 10.2. The summed E-state index contributed by atoms with van der Waals surface area (Å²) in [4.78, 5) is 17.4. The Balaban J connectivity index is 1.69. The second-order valence-corrected chi connectivity index (χ2v) is 8.48. The predicted molar refractivity (Wildman–Crippen MR) is 107 cm³/mol. The van der Waals surface area contributed by atoms with E-state index in [0.29, 0.717) is 6.54 Å². The smallest absolute Gasteiger partial charge is 0.242 e. The van der Waals surface area contributed by atoms with Crippen molar-refractivity contribution in [2.24, 2.45) is 5.92 Å². The lowest BCUT2D eigenvalue weighted by atomic mass is 9.99. The van der Waals surface area contributed by atoms with Gasteiger partial charge in [-0.15, -0.1) is 0 Å². The second kappa shape index (κ2) is 7.24. The number of fused-ring (bicyclic) bond motifs is 3. The number of carbonyl (C=O) groups excluding carboxylic acids is 1. The number of hydrogen-bond acceptors (Lipinski definition) is 2. The van der Waals surface area contributed by atoms with Crippen LogP contribution in [0.5, 0.6) is 0 Å². The molecule has 0 atom stereocenters. The van der Waals surface area contributed by atoms with Gasteiger partial charge in [-0.3, -0.25) is 4.79 Å². The molecule has 0 aliphatic carbocycles. The van der Waals surface area contributed by atoms with Crippen LogP contribution in [0.25, 0.3) is 10.9 Å². The number of rotatable bonds is 2. The normalized spacial score (nSPS) is 19.6. The van der Waals surface area contributed by atoms with Crippen molar-refractivity contribution in [2.45, 2.75) is 39.2 Å². The molecule has 140 valence electrons. The Morgan fingerprint density at radius 3 is 2.65 bits per heavy atom. The number of likely N-dealkylation sites (tertiary alicyclic amines) is 1. The lowest BCUT2D eigenvalue weighted by molar-refractivity contribution is -0.133. The molecule has 2 aromatic rings. The molecule has 0 N–H and O–H groups in total. The maximum Gasteiger partial charge on any atom is 0.242 e. The Hall–Kier alpha value is -1.52. The Morgan fingerprint density at radius 2 is 1.88 bits per heavy atom. The SMILES string of the molecule is CC1CCN(C(=O)Cn2c3c(c4cc(Cl)ccc42)CCN(C)CC3)CC1. The zero-order chi connectivity index (χ0) is 18.3. The van der Waals surface area contributed by atoms with Crippen LogP contribution in [0.2, 0.25) is 5.02 Å². The van der Waals surface area contributed by atoms with Crippen LogP contribution in [0.4, 0.5) is 0 Å². The highest BCUT2D eigenvalue weighted by Crippen LogP contribution is 2.31. The number of amides is 1. The molecule has 1 fully saturated rings. The maximum absolute atomic E-state index is 13.0. The predicted octanol–water partition coefficient (Wildman–Crippen LogP) is 3.58. The van der Waals surface area contributed by atoms with Crippen molar-refractivity contribution >= 4 is 28.4 Å². The standard InChI is InChI=1S/C21H28ClN3O/c1-15-5-11-24(12-6-15)21(26)14-25-19-4-3-16(22)13-18(19)17-7-9-23(2)10-8-20(17)25/h3-4,13,15H,5-12,14H2,1-2H3. The van der Waals surface area contributed by atoms with Gasteiger partial charge in [0, 0.05) is 54.2 Å². The van der Waals surface area contributed by atoms with Crippen LogP contribution in [0.1, 0.15) is 31.0 Å². The maximum atomic E-state index is 13.0. The highest BCUT2D eigenvalue weighted by Gasteiger charge is 2.25. The van der Waals surface area contributed by atoms with Crippen LogP contribution in [0.3, 0.4) is 0 Å². The van der Waals surface area contributed by atoms with Gasteiger partial charge in [0.15, 0.2) is 0 Å². The van der Waals surface area contributed by atoms with Gasteiger partial charge in [-0.2, -0.15) is 0 Å². The highest BCUT2D eigenvalue weighted by molar-refractivity contribution is 6.31. The van der Waals surface area contributed by atoms with Gasteiger partial charge in [-0.05, 0) is 56.0 Å². The third kappa shape index (κ3) is 3.37. The van der Waals surface area contributed by atoms with Crippen LogP contribution >= 0.6 is 11.6 Å². The van der Waals surface area contributed by atoms with Gasteiger partial charge in [-0.25, -0.2) is 0 Å². The Bertz CT molecular complexity index is 820. The Kier molecular flexibility index (Phi) is 4.98. The first-order chi connectivity index (χ1) is 12.5. The zero-order valence-electron chi connectivity index (χ0n) is 15.8. The summed E-state index contributed by atoms with van der Waals surface area (Å²) in [7, 11) is 2.17. The van der Waals surface area contributed by atoms with E-state index in [9.17, 15) is 4.79 Å². The van der Waals surface area contributed by atoms with Gasteiger partial charge in [0.1, 0.15) is 6.54 Å². The van der Waals surface area contributed by atoms with Gasteiger partial charge < -0.3 is 14.4 Å². The summed E-state index contributed by atoms with van der Waals surface area (Å²) < 4.78 is 2.26. The third-order valence-corrected chi connectivity index (χ3v) is 6.39. The quantitative estimate of drug-likeness (QED) is 0.804. The number of nitrogens with zero attached hydrogens (tertiary/aromatic N) is 3. The highest BCUT2D eigenvalue weighted by atomic mass is 35.5.